The SMILES string of the molecule is C=C(C)N(CC(C)C)C(=O)c1cccc(C#N)c1.Nc1ncnc2[nH]ccc12. The lowest BCUT2D eigenvalue weighted by Crippen LogP contribution is -2.32. The molecule has 2 aromatic heterocycles. The molecule has 3 rings (SSSR count). The van der Waals surface area contributed by atoms with Crippen molar-refractivity contribution in [3.63, 3.8) is 0 Å². The predicted octanol–water partition coefficient (Wildman–Crippen LogP) is 3.73. The Morgan fingerprint density at radius 3 is 2.71 bits per heavy atom. The van der Waals surface area contributed by atoms with Crippen molar-refractivity contribution in [2.75, 3.05) is 12.3 Å². The van der Waals surface area contributed by atoms with Gasteiger partial charge in [0, 0.05) is 24.0 Å². The van der Waals surface area contributed by atoms with E-state index in [1.54, 1.807) is 35.4 Å². The van der Waals surface area contributed by atoms with E-state index in [4.69, 9.17) is 11.0 Å². The van der Waals surface area contributed by atoms with E-state index in [9.17, 15) is 4.79 Å². The molecule has 0 saturated heterocycles. The maximum absolute atomic E-state index is 12.3. The molecule has 3 aromatic rings. The average Bonchev–Trinajstić information content (AvgIpc) is 3.16. The zero-order chi connectivity index (χ0) is 20.7. The molecule has 3 N–H and O–H groups in total. The molecule has 0 radical (unpaired) electrons. The van der Waals surface area contributed by atoms with E-state index in [-0.39, 0.29) is 5.91 Å². The molecule has 0 saturated carbocycles. The zero-order valence-electron chi connectivity index (χ0n) is 16.3. The van der Waals surface area contributed by atoms with Gasteiger partial charge in [0.15, 0.2) is 0 Å². The molecule has 28 heavy (non-hydrogen) atoms. The summed E-state index contributed by atoms with van der Waals surface area (Å²) in [4.78, 5) is 24.7. The number of benzene rings is 1. The summed E-state index contributed by atoms with van der Waals surface area (Å²) < 4.78 is 0. The Bertz CT molecular complexity index is 1010. The fraction of sp³-hybridized carbons (Fsp3) is 0.238. The minimum absolute atomic E-state index is 0.103. The number of carbonyl (C=O) groups is 1. The van der Waals surface area contributed by atoms with Crippen molar-refractivity contribution in [3.05, 3.63) is 66.3 Å². The van der Waals surface area contributed by atoms with Crippen LogP contribution in [0, 0.1) is 17.2 Å². The number of carbonyl (C=O) groups excluding carboxylic acids is 1. The number of amides is 1. The first-order valence-corrected chi connectivity index (χ1v) is 8.84. The van der Waals surface area contributed by atoms with Crippen LogP contribution in [0.2, 0.25) is 0 Å². The monoisotopic (exact) mass is 376 g/mol. The van der Waals surface area contributed by atoms with E-state index < -0.39 is 0 Å². The predicted molar refractivity (Wildman–Crippen MR) is 110 cm³/mol. The third-order valence-corrected chi connectivity index (χ3v) is 3.88. The summed E-state index contributed by atoms with van der Waals surface area (Å²) in [6, 6.07) is 10.6. The van der Waals surface area contributed by atoms with Crippen molar-refractivity contribution in [2.45, 2.75) is 20.8 Å². The molecule has 2 heterocycles. The summed E-state index contributed by atoms with van der Waals surface area (Å²) in [6.07, 6.45) is 3.23. The van der Waals surface area contributed by atoms with Gasteiger partial charge in [-0.05, 0) is 37.1 Å². The molecule has 7 heteroatoms. The highest BCUT2D eigenvalue weighted by molar-refractivity contribution is 5.95. The van der Waals surface area contributed by atoms with E-state index >= 15 is 0 Å². The number of fused-ring (bicyclic) bond motifs is 1. The number of nitriles is 1. The van der Waals surface area contributed by atoms with E-state index in [1.165, 1.54) is 6.33 Å². The number of allylic oxidation sites excluding steroid dienone is 1. The zero-order valence-corrected chi connectivity index (χ0v) is 16.3. The molecular weight excluding hydrogens is 352 g/mol. The van der Waals surface area contributed by atoms with Crippen molar-refractivity contribution in [1.82, 2.24) is 19.9 Å². The number of nitrogens with zero attached hydrogens (tertiary/aromatic N) is 4. The Hall–Kier alpha value is -3.66. The van der Waals surface area contributed by atoms with Crippen molar-refractivity contribution < 1.29 is 4.79 Å². The number of aromatic nitrogens is 3. The molecule has 0 unspecified atom stereocenters. The van der Waals surface area contributed by atoms with Gasteiger partial charge in [-0.15, -0.1) is 0 Å². The number of aromatic amines is 1. The van der Waals surface area contributed by atoms with Crippen LogP contribution < -0.4 is 5.73 Å². The third kappa shape index (κ3) is 5.17. The summed E-state index contributed by atoms with van der Waals surface area (Å²) in [5.41, 5.74) is 8.05. The van der Waals surface area contributed by atoms with Gasteiger partial charge in [-0.2, -0.15) is 5.26 Å². The average molecular weight is 376 g/mol. The Morgan fingerprint density at radius 2 is 2.11 bits per heavy atom. The van der Waals surface area contributed by atoms with Gasteiger partial charge >= 0.3 is 0 Å². The van der Waals surface area contributed by atoms with Gasteiger partial charge < -0.3 is 15.6 Å². The first-order valence-electron chi connectivity index (χ1n) is 8.84. The minimum Gasteiger partial charge on any atom is -0.383 e. The Morgan fingerprint density at radius 1 is 1.36 bits per heavy atom. The summed E-state index contributed by atoms with van der Waals surface area (Å²) in [5, 5.41) is 9.72. The smallest absolute Gasteiger partial charge is 0.258 e. The first kappa shape index (κ1) is 20.6. The van der Waals surface area contributed by atoms with Crippen molar-refractivity contribution in [1.29, 1.82) is 5.26 Å². The second-order valence-corrected chi connectivity index (χ2v) is 6.74. The number of hydrogen-bond acceptors (Lipinski definition) is 5. The molecule has 144 valence electrons. The normalized spacial score (nSPS) is 10.1. The lowest BCUT2D eigenvalue weighted by molar-refractivity contribution is 0.0791. The second-order valence-electron chi connectivity index (χ2n) is 6.74. The number of nitrogens with two attached hydrogens (primary N) is 1. The van der Waals surface area contributed by atoms with Gasteiger partial charge in [0.1, 0.15) is 17.8 Å². The van der Waals surface area contributed by atoms with Crippen molar-refractivity contribution >= 4 is 22.8 Å². The van der Waals surface area contributed by atoms with Crippen LogP contribution in [0.3, 0.4) is 0 Å². The van der Waals surface area contributed by atoms with Crippen LogP contribution in [0.4, 0.5) is 5.82 Å². The van der Waals surface area contributed by atoms with Gasteiger partial charge in [-0.1, -0.05) is 26.5 Å². The molecule has 0 aliphatic carbocycles. The molecule has 1 amide bonds. The van der Waals surface area contributed by atoms with Crippen LogP contribution >= 0.6 is 0 Å². The van der Waals surface area contributed by atoms with Crippen LogP contribution in [-0.4, -0.2) is 32.3 Å². The van der Waals surface area contributed by atoms with Gasteiger partial charge in [-0.25, -0.2) is 9.97 Å². The van der Waals surface area contributed by atoms with E-state index in [2.05, 4.69) is 35.4 Å². The highest BCUT2D eigenvalue weighted by Gasteiger charge is 2.17. The standard InChI is InChI=1S/C15H18N2O.C6H6N4/c1-11(2)10-17(12(3)4)15(18)14-7-5-6-13(8-14)9-16;7-5-4-1-2-8-6(4)10-3-9-5/h5-8,11H,3,10H2,1-2,4H3;1-3H,(H3,7,8,9,10). The number of hydrogen-bond donors (Lipinski definition) is 2. The van der Waals surface area contributed by atoms with Crippen LogP contribution in [0.25, 0.3) is 11.0 Å². The Balaban J connectivity index is 0.000000233. The fourth-order valence-electron chi connectivity index (χ4n) is 2.55. The lowest BCUT2D eigenvalue weighted by Gasteiger charge is -2.24. The van der Waals surface area contributed by atoms with Crippen molar-refractivity contribution in [3.8, 4) is 6.07 Å². The van der Waals surface area contributed by atoms with Crippen LogP contribution in [0.1, 0.15) is 36.7 Å². The maximum atomic E-state index is 12.3. The Kier molecular flexibility index (Phi) is 6.88. The summed E-state index contributed by atoms with van der Waals surface area (Å²) in [6.45, 7) is 10.4. The van der Waals surface area contributed by atoms with Crippen LogP contribution in [0.5, 0.6) is 0 Å². The van der Waals surface area contributed by atoms with E-state index in [0.717, 1.165) is 16.7 Å². The largest absolute Gasteiger partial charge is 0.383 e. The molecule has 0 aliphatic heterocycles. The Labute approximate surface area is 164 Å². The molecular formula is C21H24N6O. The summed E-state index contributed by atoms with van der Waals surface area (Å²) >= 11 is 0. The number of anilines is 1. The quantitative estimate of drug-likeness (QED) is 0.720. The number of nitrogens with one attached hydrogen (secondary N) is 1. The van der Waals surface area contributed by atoms with Crippen LogP contribution in [-0.2, 0) is 0 Å². The van der Waals surface area contributed by atoms with Crippen molar-refractivity contribution in [2.24, 2.45) is 5.92 Å². The van der Waals surface area contributed by atoms with E-state index in [1.807, 2.05) is 19.1 Å². The second kappa shape index (κ2) is 9.33. The van der Waals surface area contributed by atoms with Gasteiger partial charge in [0.2, 0.25) is 0 Å². The molecule has 0 aliphatic rings. The topological polar surface area (TPSA) is 112 Å². The molecule has 0 fully saturated rings. The summed E-state index contributed by atoms with van der Waals surface area (Å²) in [7, 11) is 0. The molecule has 0 bridgehead atoms. The van der Waals surface area contributed by atoms with Gasteiger partial charge in [0.05, 0.1) is 17.0 Å². The number of nitrogen functional groups attached to an aromatic ring is 1. The number of H-pyrrole nitrogens is 1. The third-order valence-electron chi connectivity index (χ3n) is 3.88. The highest BCUT2D eigenvalue weighted by atomic mass is 16.2. The maximum Gasteiger partial charge on any atom is 0.258 e. The lowest BCUT2D eigenvalue weighted by atomic mass is 10.1. The minimum atomic E-state index is -0.103. The fourth-order valence-corrected chi connectivity index (χ4v) is 2.55. The number of rotatable bonds is 4. The van der Waals surface area contributed by atoms with Gasteiger partial charge in [0.25, 0.3) is 5.91 Å². The molecule has 0 spiro atoms. The highest BCUT2D eigenvalue weighted by Crippen LogP contribution is 2.14. The first-order chi connectivity index (χ1) is 13.3. The van der Waals surface area contributed by atoms with Crippen LogP contribution in [0.15, 0.2) is 55.1 Å². The van der Waals surface area contributed by atoms with Gasteiger partial charge in [-0.3, -0.25) is 4.79 Å². The summed E-state index contributed by atoms with van der Waals surface area (Å²) in [5.74, 6) is 0.782. The molecule has 1 aromatic carbocycles. The molecule has 0 atom stereocenters. The molecule has 7 nitrogen and oxygen atoms in total. The van der Waals surface area contributed by atoms with E-state index in [0.29, 0.717) is 29.4 Å².